The minimum absolute atomic E-state index is 0.304. The molecule has 0 heterocycles. The molecule has 0 saturated carbocycles. The Morgan fingerprint density at radius 1 is 1.11 bits per heavy atom. The Hall–Kier alpha value is -2.34. The molecule has 1 N–H and O–H groups in total. The summed E-state index contributed by atoms with van der Waals surface area (Å²) in [6.07, 6.45) is 0. The van der Waals surface area contributed by atoms with Gasteiger partial charge in [-0.3, -0.25) is 0 Å². The highest BCUT2D eigenvalue weighted by molar-refractivity contribution is 5.69. The Bertz CT molecular complexity index is 627. The summed E-state index contributed by atoms with van der Waals surface area (Å²) in [4.78, 5) is 0. The first-order chi connectivity index (χ1) is 9.11. The van der Waals surface area contributed by atoms with Gasteiger partial charge in [-0.2, -0.15) is 5.26 Å². The maximum atomic E-state index is 13.1. The molecule has 0 saturated heterocycles. The van der Waals surface area contributed by atoms with E-state index in [1.165, 1.54) is 12.1 Å². The van der Waals surface area contributed by atoms with Crippen LogP contribution in [0.25, 0.3) is 0 Å². The molecule has 0 fully saturated rings. The van der Waals surface area contributed by atoms with Crippen molar-refractivity contribution in [3.8, 4) is 6.07 Å². The predicted octanol–water partition coefficient (Wildman–Crippen LogP) is 4.56. The fourth-order valence-corrected chi connectivity index (χ4v) is 1.98. The molecule has 0 aliphatic rings. The third kappa shape index (κ3) is 2.92. The SMILES string of the molecule is CC(C)c1ccccc1Nc1ccc(F)cc1C#N. The number of rotatable bonds is 3. The molecule has 0 bridgehead atoms. The van der Waals surface area contributed by atoms with E-state index >= 15 is 0 Å². The molecule has 0 amide bonds. The Balaban J connectivity index is 2.40. The second-order valence-electron chi connectivity index (χ2n) is 4.67. The molecule has 0 radical (unpaired) electrons. The van der Waals surface area contributed by atoms with Gasteiger partial charge in [-0.15, -0.1) is 0 Å². The van der Waals surface area contributed by atoms with E-state index in [1.54, 1.807) is 6.07 Å². The van der Waals surface area contributed by atoms with Gasteiger partial charge in [0.1, 0.15) is 11.9 Å². The van der Waals surface area contributed by atoms with Crippen LogP contribution in [-0.4, -0.2) is 0 Å². The van der Waals surface area contributed by atoms with Gasteiger partial charge in [-0.25, -0.2) is 4.39 Å². The summed E-state index contributed by atoms with van der Waals surface area (Å²) in [6.45, 7) is 4.22. The van der Waals surface area contributed by atoms with Crippen molar-refractivity contribution in [1.29, 1.82) is 5.26 Å². The van der Waals surface area contributed by atoms with Gasteiger partial charge in [0, 0.05) is 5.69 Å². The number of nitrogens with zero attached hydrogens (tertiary/aromatic N) is 1. The smallest absolute Gasteiger partial charge is 0.124 e. The van der Waals surface area contributed by atoms with Crippen molar-refractivity contribution >= 4 is 11.4 Å². The number of hydrogen-bond acceptors (Lipinski definition) is 2. The van der Waals surface area contributed by atoms with Crippen molar-refractivity contribution in [3.63, 3.8) is 0 Å². The van der Waals surface area contributed by atoms with E-state index in [0.29, 0.717) is 17.2 Å². The van der Waals surface area contributed by atoms with Crippen molar-refractivity contribution in [2.45, 2.75) is 19.8 Å². The van der Waals surface area contributed by atoms with Crippen molar-refractivity contribution in [1.82, 2.24) is 0 Å². The number of halogens is 1. The van der Waals surface area contributed by atoms with E-state index in [4.69, 9.17) is 5.26 Å². The molecule has 0 atom stereocenters. The van der Waals surface area contributed by atoms with Crippen LogP contribution in [-0.2, 0) is 0 Å². The predicted molar refractivity (Wildman–Crippen MR) is 74.9 cm³/mol. The van der Waals surface area contributed by atoms with Gasteiger partial charge in [-0.1, -0.05) is 32.0 Å². The first-order valence-corrected chi connectivity index (χ1v) is 6.17. The van der Waals surface area contributed by atoms with Crippen LogP contribution in [0, 0.1) is 17.1 Å². The van der Waals surface area contributed by atoms with Gasteiger partial charge in [0.05, 0.1) is 11.3 Å². The topological polar surface area (TPSA) is 35.8 Å². The van der Waals surface area contributed by atoms with Gasteiger partial charge in [0.15, 0.2) is 0 Å². The molecule has 0 aromatic heterocycles. The van der Waals surface area contributed by atoms with Gasteiger partial charge in [-0.05, 0) is 35.7 Å². The molecule has 2 aromatic carbocycles. The fraction of sp³-hybridized carbons (Fsp3) is 0.188. The van der Waals surface area contributed by atoms with E-state index in [2.05, 4.69) is 19.2 Å². The largest absolute Gasteiger partial charge is 0.354 e. The van der Waals surface area contributed by atoms with Crippen LogP contribution in [0.4, 0.5) is 15.8 Å². The lowest BCUT2D eigenvalue weighted by molar-refractivity contribution is 0.627. The number of hydrogen-bond donors (Lipinski definition) is 1. The van der Waals surface area contributed by atoms with Crippen LogP contribution in [0.15, 0.2) is 42.5 Å². The van der Waals surface area contributed by atoms with Gasteiger partial charge >= 0.3 is 0 Å². The molecule has 2 rings (SSSR count). The summed E-state index contributed by atoms with van der Waals surface area (Å²) in [7, 11) is 0. The van der Waals surface area contributed by atoms with Crippen molar-refractivity contribution in [3.05, 3.63) is 59.4 Å². The number of nitriles is 1. The minimum Gasteiger partial charge on any atom is -0.354 e. The van der Waals surface area contributed by atoms with Crippen LogP contribution in [0.2, 0.25) is 0 Å². The van der Waals surface area contributed by atoms with E-state index in [-0.39, 0.29) is 0 Å². The van der Waals surface area contributed by atoms with Crippen LogP contribution in [0.3, 0.4) is 0 Å². The number of benzene rings is 2. The van der Waals surface area contributed by atoms with E-state index in [9.17, 15) is 4.39 Å². The molecular weight excluding hydrogens is 239 g/mol. The molecule has 0 aliphatic heterocycles. The third-order valence-electron chi connectivity index (χ3n) is 2.95. The van der Waals surface area contributed by atoms with Gasteiger partial charge in [0.25, 0.3) is 0 Å². The highest BCUT2D eigenvalue weighted by Crippen LogP contribution is 2.28. The maximum absolute atomic E-state index is 13.1. The van der Waals surface area contributed by atoms with E-state index < -0.39 is 5.82 Å². The van der Waals surface area contributed by atoms with Crippen molar-refractivity contribution in [2.75, 3.05) is 5.32 Å². The third-order valence-corrected chi connectivity index (χ3v) is 2.95. The van der Waals surface area contributed by atoms with Crippen LogP contribution in [0.5, 0.6) is 0 Å². The van der Waals surface area contributed by atoms with Gasteiger partial charge in [0.2, 0.25) is 0 Å². The monoisotopic (exact) mass is 254 g/mol. The summed E-state index contributed by atoms with van der Waals surface area (Å²) < 4.78 is 13.1. The quantitative estimate of drug-likeness (QED) is 0.871. The Morgan fingerprint density at radius 2 is 1.84 bits per heavy atom. The highest BCUT2D eigenvalue weighted by Gasteiger charge is 2.08. The molecule has 0 aliphatic carbocycles. The van der Waals surface area contributed by atoms with Crippen molar-refractivity contribution < 1.29 is 4.39 Å². The summed E-state index contributed by atoms with van der Waals surface area (Å²) >= 11 is 0. The average Bonchev–Trinajstić information content (AvgIpc) is 2.41. The fourth-order valence-electron chi connectivity index (χ4n) is 1.98. The lowest BCUT2D eigenvalue weighted by atomic mass is 10.0. The Morgan fingerprint density at radius 3 is 2.53 bits per heavy atom. The maximum Gasteiger partial charge on any atom is 0.124 e. The molecule has 96 valence electrons. The zero-order valence-electron chi connectivity index (χ0n) is 10.9. The van der Waals surface area contributed by atoms with E-state index in [1.807, 2.05) is 30.3 Å². The second-order valence-corrected chi connectivity index (χ2v) is 4.67. The molecule has 0 unspecified atom stereocenters. The standard InChI is InChI=1S/C16H15FN2/c1-11(2)14-5-3-4-6-16(14)19-15-8-7-13(17)9-12(15)10-18/h3-9,11,19H,1-2H3. The number of nitrogens with one attached hydrogen (secondary N) is 1. The molecular formula is C16H15FN2. The second kappa shape index (κ2) is 5.53. The Kier molecular flexibility index (Phi) is 3.82. The molecule has 2 aromatic rings. The Labute approximate surface area is 112 Å². The summed E-state index contributed by atoms with van der Waals surface area (Å²) in [6, 6.07) is 14.1. The van der Waals surface area contributed by atoms with Crippen LogP contribution in [0.1, 0.15) is 30.9 Å². The summed E-state index contributed by atoms with van der Waals surface area (Å²) in [5, 5.41) is 12.3. The van der Waals surface area contributed by atoms with Crippen LogP contribution < -0.4 is 5.32 Å². The molecule has 3 heteroatoms. The summed E-state index contributed by atoms with van der Waals surface area (Å²) in [5.74, 6) is -0.0334. The van der Waals surface area contributed by atoms with E-state index in [0.717, 1.165) is 11.3 Å². The first-order valence-electron chi connectivity index (χ1n) is 6.17. The molecule has 0 spiro atoms. The highest BCUT2D eigenvalue weighted by atomic mass is 19.1. The zero-order valence-corrected chi connectivity index (χ0v) is 10.9. The minimum atomic E-state index is -0.403. The average molecular weight is 254 g/mol. The lowest BCUT2D eigenvalue weighted by Crippen LogP contribution is -1.99. The molecule has 19 heavy (non-hydrogen) atoms. The van der Waals surface area contributed by atoms with Crippen molar-refractivity contribution in [2.24, 2.45) is 0 Å². The number of anilines is 2. The first kappa shape index (κ1) is 13.1. The van der Waals surface area contributed by atoms with Gasteiger partial charge < -0.3 is 5.32 Å². The zero-order chi connectivity index (χ0) is 13.8. The summed E-state index contributed by atoms with van der Waals surface area (Å²) in [5.41, 5.74) is 3.03. The normalized spacial score (nSPS) is 10.3. The molecule has 2 nitrogen and oxygen atoms in total. The lowest BCUT2D eigenvalue weighted by Gasteiger charge is -2.15. The number of para-hydroxylation sites is 1. The van der Waals surface area contributed by atoms with Crippen LogP contribution >= 0.6 is 0 Å².